The number of benzene rings is 1. The third kappa shape index (κ3) is 3.69. The second-order valence-electron chi connectivity index (χ2n) is 4.96. The molecule has 19 heavy (non-hydrogen) atoms. The van der Waals surface area contributed by atoms with Gasteiger partial charge in [-0.1, -0.05) is 43.7 Å². The van der Waals surface area contributed by atoms with Crippen molar-refractivity contribution in [2.45, 2.75) is 32.5 Å². The molecule has 0 aromatic heterocycles. The molecule has 1 fully saturated rings. The fraction of sp³-hybridized carbons (Fsp3) is 0.533. The number of carbonyl (C=O) groups excluding carboxylic acids is 1. The van der Waals surface area contributed by atoms with E-state index in [1.54, 1.807) is 0 Å². The molecule has 0 aliphatic carbocycles. The van der Waals surface area contributed by atoms with Crippen molar-refractivity contribution in [2.75, 3.05) is 13.1 Å². The lowest BCUT2D eigenvalue weighted by Gasteiger charge is -2.33. The Morgan fingerprint density at radius 3 is 2.79 bits per heavy atom. The van der Waals surface area contributed by atoms with Gasteiger partial charge in [-0.15, -0.1) is 0 Å². The minimum atomic E-state index is -0.928. The maximum Gasteiger partial charge on any atom is 0.410 e. The predicted octanol–water partition coefficient (Wildman–Crippen LogP) is 3.39. The zero-order valence-electron chi connectivity index (χ0n) is 11.2. The Morgan fingerprint density at radius 1 is 1.42 bits per heavy atom. The van der Waals surface area contributed by atoms with E-state index in [0.717, 1.165) is 18.4 Å². The largest absolute Gasteiger partial charge is 0.445 e. The van der Waals surface area contributed by atoms with Crippen LogP contribution in [0.2, 0.25) is 0 Å². The molecule has 2 unspecified atom stereocenters. The zero-order chi connectivity index (χ0) is 13.7. The van der Waals surface area contributed by atoms with E-state index in [1.165, 1.54) is 4.90 Å². The number of rotatable bonds is 3. The van der Waals surface area contributed by atoms with Crippen LogP contribution in [0.1, 0.15) is 25.3 Å². The normalized spacial score (nSPS) is 23.2. The second-order valence-corrected chi connectivity index (χ2v) is 4.96. The lowest BCUT2D eigenvalue weighted by molar-refractivity contribution is 0.0509. The quantitative estimate of drug-likeness (QED) is 0.838. The van der Waals surface area contributed by atoms with Crippen molar-refractivity contribution in [2.24, 2.45) is 5.92 Å². The second kappa shape index (κ2) is 6.55. The zero-order valence-corrected chi connectivity index (χ0v) is 11.2. The third-order valence-corrected chi connectivity index (χ3v) is 3.66. The molecule has 0 saturated carbocycles. The van der Waals surface area contributed by atoms with Crippen LogP contribution in [0.3, 0.4) is 0 Å². The summed E-state index contributed by atoms with van der Waals surface area (Å²) in [5.41, 5.74) is 0.941. The molecule has 1 aromatic carbocycles. The Balaban J connectivity index is 1.81. The van der Waals surface area contributed by atoms with Crippen LogP contribution in [0.4, 0.5) is 9.18 Å². The van der Waals surface area contributed by atoms with Gasteiger partial charge in [0.05, 0.1) is 6.54 Å². The predicted molar refractivity (Wildman–Crippen MR) is 71.5 cm³/mol. The van der Waals surface area contributed by atoms with Crippen LogP contribution in [0.25, 0.3) is 0 Å². The maximum atomic E-state index is 13.8. The number of piperidine rings is 1. The van der Waals surface area contributed by atoms with Crippen molar-refractivity contribution in [3.8, 4) is 0 Å². The minimum absolute atomic E-state index is 0.0816. The van der Waals surface area contributed by atoms with E-state index in [1.807, 2.05) is 37.3 Å². The van der Waals surface area contributed by atoms with Gasteiger partial charge in [-0.2, -0.15) is 0 Å². The maximum absolute atomic E-state index is 13.8. The van der Waals surface area contributed by atoms with Gasteiger partial charge >= 0.3 is 6.09 Å². The standard InChI is InChI=1S/C15H20FNO2/c1-2-13-8-9-17(10-14(13)16)15(18)19-11-12-6-4-3-5-7-12/h3-7,13-14H,2,8-11H2,1H3. The molecule has 1 aliphatic heterocycles. The smallest absolute Gasteiger partial charge is 0.410 e. The van der Waals surface area contributed by atoms with Crippen LogP contribution in [-0.2, 0) is 11.3 Å². The highest BCUT2D eigenvalue weighted by Gasteiger charge is 2.30. The van der Waals surface area contributed by atoms with Gasteiger partial charge in [0.25, 0.3) is 0 Å². The molecule has 1 aromatic rings. The van der Waals surface area contributed by atoms with Crippen molar-refractivity contribution in [3.05, 3.63) is 35.9 Å². The van der Waals surface area contributed by atoms with Crippen molar-refractivity contribution in [1.82, 2.24) is 4.90 Å². The highest BCUT2D eigenvalue weighted by molar-refractivity contribution is 5.67. The first-order valence-corrected chi connectivity index (χ1v) is 6.80. The topological polar surface area (TPSA) is 29.5 Å². The lowest BCUT2D eigenvalue weighted by Crippen LogP contribution is -2.44. The minimum Gasteiger partial charge on any atom is -0.445 e. The summed E-state index contributed by atoms with van der Waals surface area (Å²) in [6, 6.07) is 9.50. The van der Waals surface area contributed by atoms with Crippen molar-refractivity contribution < 1.29 is 13.9 Å². The summed E-state index contributed by atoms with van der Waals surface area (Å²) in [4.78, 5) is 13.3. The molecule has 1 saturated heterocycles. The first kappa shape index (κ1) is 13.8. The average molecular weight is 265 g/mol. The van der Waals surface area contributed by atoms with Gasteiger partial charge in [0, 0.05) is 6.54 Å². The molecule has 0 radical (unpaired) electrons. The number of hydrogen-bond donors (Lipinski definition) is 0. The molecule has 1 aliphatic rings. The molecule has 1 amide bonds. The number of amides is 1. The monoisotopic (exact) mass is 265 g/mol. The number of ether oxygens (including phenoxy) is 1. The Labute approximate surface area is 113 Å². The summed E-state index contributed by atoms with van der Waals surface area (Å²) in [6.45, 7) is 2.98. The first-order chi connectivity index (χ1) is 9.20. The van der Waals surface area contributed by atoms with Crippen LogP contribution < -0.4 is 0 Å². The fourth-order valence-corrected chi connectivity index (χ4v) is 2.39. The summed E-state index contributed by atoms with van der Waals surface area (Å²) in [5, 5.41) is 0. The Morgan fingerprint density at radius 2 is 2.16 bits per heavy atom. The van der Waals surface area contributed by atoms with Gasteiger partial charge in [0.15, 0.2) is 0 Å². The van der Waals surface area contributed by atoms with Crippen LogP contribution in [0.5, 0.6) is 0 Å². The summed E-state index contributed by atoms with van der Waals surface area (Å²) >= 11 is 0. The van der Waals surface area contributed by atoms with Crippen LogP contribution >= 0.6 is 0 Å². The van der Waals surface area contributed by atoms with E-state index < -0.39 is 12.3 Å². The van der Waals surface area contributed by atoms with Crippen molar-refractivity contribution in [3.63, 3.8) is 0 Å². The molecule has 2 rings (SSSR count). The number of alkyl halides is 1. The number of likely N-dealkylation sites (tertiary alicyclic amines) is 1. The van der Waals surface area contributed by atoms with Crippen LogP contribution in [0, 0.1) is 5.92 Å². The summed E-state index contributed by atoms with van der Waals surface area (Å²) in [7, 11) is 0. The van der Waals surface area contributed by atoms with Gasteiger partial charge in [-0.05, 0) is 17.9 Å². The van der Waals surface area contributed by atoms with E-state index in [4.69, 9.17) is 4.74 Å². The molecule has 4 heteroatoms. The van der Waals surface area contributed by atoms with Gasteiger partial charge in [-0.3, -0.25) is 0 Å². The van der Waals surface area contributed by atoms with Crippen molar-refractivity contribution in [1.29, 1.82) is 0 Å². The summed E-state index contributed by atoms with van der Waals surface area (Å²) in [6.07, 6.45) is 0.204. The Hall–Kier alpha value is -1.58. The highest BCUT2D eigenvalue weighted by Crippen LogP contribution is 2.23. The molecule has 1 heterocycles. The van der Waals surface area contributed by atoms with E-state index in [0.29, 0.717) is 6.54 Å². The number of halogens is 1. The first-order valence-electron chi connectivity index (χ1n) is 6.80. The molecule has 3 nitrogen and oxygen atoms in total. The average Bonchev–Trinajstić information content (AvgIpc) is 2.45. The number of nitrogens with zero attached hydrogens (tertiary/aromatic N) is 1. The van der Waals surface area contributed by atoms with E-state index in [9.17, 15) is 9.18 Å². The van der Waals surface area contributed by atoms with E-state index in [2.05, 4.69) is 0 Å². The lowest BCUT2D eigenvalue weighted by atomic mass is 9.93. The van der Waals surface area contributed by atoms with E-state index in [-0.39, 0.29) is 19.1 Å². The molecule has 104 valence electrons. The number of hydrogen-bond acceptors (Lipinski definition) is 2. The van der Waals surface area contributed by atoms with Gasteiger partial charge < -0.3 is 9.64 Å². The van der Waals surface area contributed by atoms with Crippen LogP contribution in [0.15, 0.2) is 30.3 Å². The van der Waals surface area contributed by atoms with Crippen molar-refractivity contribution >= 4 is 6.09 Å². The molecule has 0 bridgehead atoms. The number of carbonyl (C=O) groups is 1. The molecule has 2 atom stereocenters. The van der Waals surface area contributed by atoms with E-state index >= 15 is 0 Å². The SMILES string of the molecule is CCC1CCN(C(=O)OCc2ccccc2)CC1F. The van der Waals surface area contributed by atoms with Gasteiger partial charge in [0.2, 0.25) is 0 Å². The molecule has 0 spiro atoms. The fourth-order valence-electron chi connectivity index (χ4n) is 2.39. The van der Waals surface area contributed by atoms with Gasteiger partial charge in [-0.25, -0.2) is 9.18 Å². The third-order valence-electron chi connectivity index (χ3n) is 3.66. The summed E-state index contributed by atoms with van der Waals surface area (Å²) in [5.74, 6) is 0.0816. The Kier molecular flexibility index (Phi) is 4.77. The molecular formula is C15H20FNO2. The molecular weight excluding hydrogens is 245 g/mol. The highest BCUT2D eigenvalue weighted by atomic mass is 19.1. The Bertz CT molecular complexity index is 410. The van der Waals surface area contributed by atoms with Gasteiger partial charge in [0.1, 0.15) is 12.8 Å². The molecule has 0 N–H and O–H groups in total. The summed E-state index contributed by atoms with van der Waals surface area (Å²) < 4.78 is 19.0. The van der Waals surface area contributed by atoms with Crippen LogP contribution in [-0.4, -0.2) is 30.3 Å².